The Labute approximate surface area is 115 Å². The highest BCUT2D eigenvalue weighted by molar-refractivity contribution is 9.10. The average Bonchev–Trinajstić information content (AvgIpc) is 2.75. The summed E-state index contributed by atoms with van der Waals surface area (Å²) in [6.07, 6.45) is 0. The molecule has 0 radical (unpaired) electrons. The second-order valence-corrected chi connectivity index (χ2v) is 4.27. The Morgan fingerprint density at radius 2 is 1.84 bits per heavy atom. The molecule has 2 amide bonds. The zero-order valence-electron chi connectivity index (χ0n) is 9.42. The van der Waals surface area contributed by atoms with Gasteiger partial charge in [0.25, 0.3) is 5.69 Å². The third kappa shape index (κ3) is 3.55. The number of nitrogens with one attached hydrogen (secondary N) is 2. The van der Waals surface area contributed by atoms with E-state index in [4.69, 9.17) is 4.42 Å². The second kappa shape index (κ2) is 5.53. The highest BCUT2D eigenvalue weighted by atomic mass is 79.9. The van der Waals surface area contributed by atoms with Gasteiger partial charge in [0, 0.05) is 23.9 Å². The number of carbonyl (C=O) groups excluding carboxylic acids is 1. The van der Waals surface area contributed by atoms with Gasteiger partial charge in [-0.15, -0.1) is 0 Å². The molecule has 19 heavy (non-hydrogen) atoms. The first-order valence-electron chi connectivity index (χ1n) is 5.12. The molecule has 0 spiro atoms. The number of nitrogens with zero attached hydrogens (tertiary/aromatic N) is 1. The fourth-order valence-corrected chi connectivity index (χ4v) is 1.63. The molecule has 8 heteroatoms. The maximum atomic E-state index is 11.6. The van der Waals surface area contributed by atoms with Gasteiger partial charge >= 0.3 is 6.03 Å². The van der Waals surface area contributed by atoms with Crippen LogP contribution in [-0.2, 0) is 0 Å². The molecular weight excluding hydrogens is 318 g/mol. The van der Waals surface area contributed by atoms with Crippen LogP contribution in [0.1, 0.15) is 0 Å². The normalized spacial score (nSPS) is 9.95. The van der Waals surface area contributed by atoms with Gasteiger partial charge in [0.15, 0.2) is 4.67 Å². The van der Waals surface area contributed by atoms with E-state index in [-0.39, 0.29) is 11.6 Å². The number of hydrogen-bond donors (Lipinski definition) is 2. The Kier molecular flexibility index (Phi) is 3.81. The van der Waals surface area contributed by atoms with Gasteiger partial charge in [-0.05, 0) is 34.1 Å². The predicted octanol–water partition coefficient (Wildman–Crippen LogP) is 3.59. The number of halogens is 1. The molecule has 1 heterocycles. The van der Waals surface area contributed by atoms with Crippen LogP contribution >= 0.6 is 15.9 Å². The highest BCUT2D eigenvalue weighted by Crippen LogP contribution is 2.19. The van der Waals surface area contributed by atoms with Crippen LogP contribution in [0.15, 0.2) is 45.5 Å². The number of amides is 2. The molecule has 0 saturated heterocycles. The summed E-state index contributed by atoms with van der Waals surface area (Å²) in [6.45, 7) is 0. The minimum Gasteiger partial charge on any atom is -0.434 e. The van der Waals surface area contributed by atoms with Gasteiger partial charge in [0.05, 0.1) is 4.92 Å². The third-order valence-corrected chi connectivity index (χ3v) is 2.57. The number of hydrogen-bond acceptors (Lipinski definition) is 4. The van der Waals surface area contributed by atoms with E-state index in [1.54, 1.807) is 12.1 Å². The van der Waals surface area contributed by atoms with Crippen LogP contribution in [-0.4, -0.2) is 11.0 Å². The van der Waals surface area contributed by atoms with Gasteiger partial charge in [-0.3, -0.25) is 15.4 Å². The molecule has 0 aliphatic heterocycles. The summed E-state index contributed by atoms with van der Waals surface area (Å²) < 4.78 is 5.60. The van der Waals surface area contributed by atoms with E-state index in [1.807, 2.05) is 0 Å². The lowest BCUT2D eigenvalue weighted by Crippen LogP contribution is -2.18. The predicted molar refractivity (Wildman–Crippen MR) is 72.1 cm³/mol. The topological polar surface area (TPSA) is 97.4 Å². The molecule has 0 unspecified atom stereocenters. The molecule has 0 aliphatic rings. The minimum absolute atomic E-state index is 0.0408. The average molecular weight is 326 g/mol. The molecule has 1 aromatic carbocycles. The summed E-state index contributed by atoms with van der Waals surface area (Å²) in [6, 6.07) is 8.21. The van der Waals surface area contributed by atoms with Gasteiger partial charge < -0.3 is 9.73 Å². The third-order valence-electron chi connectivity index (χ3n) is 2.15. The molecule has 2 aromatic rings. The first-order chi connectivity index (χ1) is 9.04. The number of nitro benzene ring substituents is 1. The summed E-state index contributed by atoms with van der Waals surface area (Å²) >= 11 is 3.11. The summed E-state index contributed by atoms with van der Waals surface area (Å²) in [5, 5.41) is 15.5. The summed E-state index contributed by atoms with van der Waals surface area (Å²) in [4.78, 5) is 21.5. The lowest BCUT2D eigenvalue weighted by Gasteiger charge is -2.04. The van der Waals surface area contributed by atoms with Crippen molar-refractivity contribution in [3.8, 4) is 0 Å². The van der Waals surface area contributed by atoms with Crippen molar-refractivity contribution in [3.63, 3.8) is 0 Å². The van der Waals surface area contributed by atoms with Crippen LogP contribution in [0.3, 0.4) is 0 Å². The molecule has 0 fully saturated rings. The highest BCUT2D eigenvalue weighted by Gasteiger charge is 2.08. The van der Waals surface area contributed by atoms with E-state index >= 15 is 0 Å². The van der Waals surface area contributed by atoms with Crippen molar-refractivity contribution in [1.29, 1.82) is 0 Å². The van der Waals surface area contributed by atoms with E-state index in [0.717, 1.165) is 0 Å². The van der Waals surface area contributed by atoms with Crippen LogP contribution in [0.4, 0.5) is 22.1 Å². The van der Waals surface area contributed by atoms with E-state index in [0.29, 0.717) is 10.4 Å². The number of nitro groups is 1. The summed E-state index contributed by atoms with van der Waals surface area (Å²) in [7, 11) is 0. The SMILES string of the molecule is O=C(Nc1ccc([N+](=O)[O-])cc1)Nc1ccc(Br)o1. The molecule has 0 bridgehead atoms. The monoisotopic (exact) mass is 325 g/mol. The van der Waals surface area contributed by atoms with Crippen molar-refractivity contribution >= 4 is 39.2 Å². The zero-order chi connectivity index (χ0) is 13.8. The lowest BCUT2D eigenvalue weighted by molar-refractivity contribution is -0.384. The van der Waals surface area contributed by atoms with Gasteiger partial charge in [-0.25, -0.2) is 4.79 Å². The first-order valence-corrected chi connectivity index (χ1v) is 5.92. The molecular formula is C11H8BrN3O4. The van der Waals surface area contributed by atoms with Crippen molar-refractivity contribution in [3.05, 3.63) is 51.2 Å². The van der Waals surface area contributed by atoms with Gasteiger partial charge in [-0.1, -0.05) is 0 Å². The van der Waals surface area contributed by atoms with Crippen LogP contribution in [0.5, 0.6) is 0 Å². The van der Waals surface area contributed by atoms with E-state index in [2.05, 4.69) is 26.6 Å². The van der Waals surface area contributed by atoms with Crippen LogP contribution < -0.4 is 10.6 Å². The summed E-state index contributed by atoms with van der Waals surface area (Å²) in [5.74, 6) is 0.284. The second-order valence-electron chi connectivity index (χ2n) is 3.49. The quantitative estimate of drug-likeness (QED) is 0.665. The Morgan fingerprint density at radius 1 is 1.16 bits per heavy atom. The zero-order valence-corrected chi connectivity index (χ0v) is 11.0. The fraction of sp³-hybridized carbons (Fsp3) is 0. The largest absolute Gasteiger partial charge is 0.434 e. The van der Waals surface area contributed by atoms with Crippen LogP contribution in [0.2, 0.25) is 0 Å². The Balaban J connectivity index is 1.97. The molecule has 98 valence electrons. The van der Waals surface area contributed by atoms with Crippen LogP contribution in [0, 0.1) is 10.1 Å². The van der Waals surface area contributed by atoms with Gasteiger partial charge in [0.1, 0.15) is 0 Å². The van der Waals surface area contributed by atoms with E-state index in [9.17, 15) is 14.9 Å². The lowest BCUT2D eigenvalue weighted by atomic mass is 10.3. The smallest absolute Gasteiger partial charge is 0.326 e. The van der Waals surface area contributed by atoms with E-state index < -0.39 is 11.0 Å². The van der Waals surface area contributed by atoms with Crippen molar-refractivity contribution < 1.29 is 14.1 Å². The Morgan fingerprint density at radius 3 is 2.37 bits per heavy atom. The molecule has 0 atom stereocenters. The Hall–Kier alpha value is -2.35. The first kappa shape index (κ1) is 13.1. The number of anilines is 2. The number of urea groups is 1. The van der Waals surface area contributed by atoms with Gasteiger partial charge in [0.2, 0.25) is 5.88 Å². The maximum absolute atomic E-state index is 11.6. The van der Waals surface area contributed by atoms with Crippen molar-refractivity contribution in [2.45, 2.75) is 0 Å². The van der Waals surface area contributed by atoms with E-state index in [1.165, 1.54) is 24.3 Å². The van der Waals surface area contributed by atoms with Gasteiger partial charge in [-0.2, -0.15) is 0 Å². The number of non-ortho nitro benzene ring substituents is 1. The molecule has 0 saturated carbocycles. The summed E-state index contributed by atoms with van der Waals surface area (Å²) in [5.41, 5.74) is 0.398. The molecule has 2 rings (SSSR count). The van der Waals surface area contributed by atoms with Crippen molar-refractivity contribution in [1.82, 2.24) is 0 Å². The number of carbonyl (C=O) groups is 1. The number of furan rings is 1. The standard InChI is InChI=1S/C11H8BrN3O4/c12-9-5-6-10(19-9)14-11(16)13-7-1-3-8(4-2-7)15(17)18/h1-6H,(H2,13,14,16). The van der Waals surface area contributed by atoms with Crippen molar-refractivity contribution in [2.24, 2.45) is 0 Å². The molecule has 1 aromatic heterocycles. The molecule has 7 nitrogen and oxygen atoms in total. The number of rotatable bonds is 3. The number of benzene rings is 1. The minimum atomic E-state index is -0.510. The maximum Gasteiger partial charge on any atom is 0.326 e. The fourth-order valence-electron chi connectivity index (χ4n) is 1.32. The molecule has 2 N–H and O–H groups in total. The van der Waals surface area contributed by atoms with Crippen molar-refractivity contribution in [2.75, 3.05) is 10.6 Å². The van der Waals surface area contributed by atoms with Crippen LogP contribution in [0.25, 0.3) is 0 Å². The Bertz CT molecular complexity index is 609. The molecule has 0 aliphatic carbocycles.